The Hall–Kier alpha value is -1.85. The maximum absolute atomic E-state index is 10.9. The minimum absolute atomic E-state index is 0.386. The number of ether oxygens (including phenoxy) is 1. The number of para-hydroxylation sites is 1. The number of nitrogens with one attached hydrogen (secondary N) is 1. The van der Waals surface area contributed by atoms with Crippen LogP contribution in [0.4, 0.5) is 0 Å². The molecule has 1 aromatic heterocycles. The predicted molar refractivity (Wildman–Crippen MR) is 79.6 cm³/mol. The number of methoxy groups -OCH3 is 1. The lowest BCUT2D eigenvalue weighted by molar-refractivity contribution is 0.0702. The van der Waals surface area contributed by atoms with Crippen LogP contribution in [0.25, 0.3) is 0 Å². The Morgan fingerprint density at radius 1 is 1.35 bits per heavy atom. The third kappa shape index (κ3) is 3.37. The summed E-state index contributed by atoms with van der Waals surface area (Å²) in [6, 6.07) is 9.56. The molecule has 5 heteroatoms. The lowest BCUT2D eigenvalue weighted by Crippen LogP contribution is -2.13. The minimum Gasteiger partial charge on any atom is -0.496 e. The van der Waals surface area contributed by atoms with Gasteiger partial charge in [-0.2, -0.15) is 0 Å². The van der Waals surface area contributed by atoms with Crippen molar-refractivity contribution in [3.63, 3.8) is 0 Å². The van der Waals surface area contributed by atoms with E-state index in [9.17, 15) is 4.79 Å². The van der Waals surface area contributed by atoms with Crippen LogP contribution < -0.4 is 10.1 Å². The van der Waals surface area contributed by atoms with Crippen LogP contribution in [0.15, 0.2) is 30.3 Å². The van der Waals surface area contributed by atoms with Gasteiger partial charge in [-0.1, -0.05) is 18.2 Å². The number of carboxylic acids is 1. The first kappa shape index (κ1) is 14.6. The lowest BCUT2D eigenvalue weighted by Gasteiger charge is -2.09. The quantitative estimate of drug-likeness (QED) is 0.859. The zero-order valence-corrected chi connectivity index (χ0v) is 12.3. The van der Waals surface area contributed by atoms with Crippen molar-refractivity contribution in [3.05, 3.63) is 51.2 Å². The second-order valence-corrected chi connectivity index (χ2v) is 5.57. The van der Waals surface area contributed by atoms with Crippen molar-refractivity contribution in [1.29, 1.82) is 0 Å². The number of aromatic carboxylic acids is 1. The van der Waals surface area contributed by atoms with Gasteiger partial charge in [0.05, 0.1) is 7.11 Å². The van der Waals surface area contributed by atoms with E-state index in [1.165, 1.54) is 11.3 Å². The molecule has 0 fully saturated rings. The molecule has 0 atom stereocenters. The SMILES string of the molecule is COc1ccccc1CNCc1sc(C(=O)O)cc1C. The molecular formula is C15H17NO3S. The first-order chi connectivity index (χ1) is 9.61. The summed E-state index contributed by atoms with van der Waals surface area (Å²) in [6.45, 7) is 3.27. The molecule has 0 aliphatic rings. The molecule has 2 rings (SSSR count). The summed E-state index contributed by atoms with van der Waals surface area (Å²) in [5.74, 6) is -0.0109. The molecule has 4 nitrogen and oxygen atoms in total. The highest BCUT2D eigenvalue weighted by Crippen LogP contribution is 2.22. The van der Waals surface area contributed by atoms with E-state index in [1.807, 2.05) is 31.2 Å². The summed E-state index contributed by atoms with van der Waals surface area (Å²) in [5, 5.41) is 12.3. The molecule has 0 saturated heterocycles. The molecule has 0 saturated carbocycles. The molecule has 2 N–H and O–H groups in total. The van der Waals surface area contributed by atoms with Gasteiger partial charge in [-0.25, -0.2) is 4.79 Å². The van der Waals surface area contributed by atoms with Crippen molar-refractivity contribution in [2.24, 2.45) is 0 Å². The van der Waals surface area contributed by atoms with Gasteiger partial charge in [0, 0.05) is 23.5 Å². The standard InChI is InChI=1S/C15H17NO3S/c1-10-7-13(15(17)18)20-14(10)9-16-8-11-5-3-4-6-12(11)19-2/h3-7,16H,8-9H2,1-2H3,(H,17,18). The molecule has 0 bridgehead atoms. The average Bonchev–Trinajstić information content (AvgIpc) is 2.81. The molecule has 0 aliphatic heterocycles. The van der Waals surface area contributed by atoms with Crippen molar-refractivity contribution in [2.75, 3.05) is 7.11 Å². The molecule has 0 aliphatic carbocycles. The van der Waals surface area contributed by atoms with E-state index in [0.717, 1.165) is 21.8 Å². The highest BCUT2D eigenvalue weighted by Gasteiger charge is 2.10. The largest absolute Gasteiger partial charge is 0.496 e. The first-order valence-electron chi connectivity index (χ1n) is 6.27. The van der Waals surface area contributed by atoms with Gasteiger partial charge in [0.2, 0.25) is 0 Å². The summed E-state index contributed by atoms with van der Waals surface area (Å²) in [5.41, 5.74) is 2.10. The minimum atomic E-state index is -0.867. The number of aryl methyl sites for hydroxylation is 1. The van der Waals surface area contributed by atoms with E-state index in [-0.39, 0.29) is 0 Å². The van der Waals surface area contributed by atoms with Gasteiger partial charge >= 0.3 is 5.97 Å². The zero-order chi connectivity index (χ0) is 14.5. The summed E-state index contributed by atoms with van der Waals surface area (Å²) < 4.78 is 5.29. The maximum Gasteiger partial charge on any atom is 0.345 e. The molecule has 0 spiro atoms. The van der Waals surface area contributed by atoms with Crippen molar-refractivity contribution in [3.8, 4) is 5.75 Å². The molecule has 0 amide bonds. The Kier molecular flexibility index (Phi) is 4.76. The number of carbonyl (C=O) groups is 1. The number of thiophene rings is 1. The number of hydrogen-bond donors (Lipinski definition) is 2. The number of rotatable bonds is 6. The fraction of sp³-hybridized carbons (Fsp3) is 0.267. The van der Waals surface area contributed by atoms with E-state index in [4.69, 9.17) is 9.84 Å². The molecule has 1 aromatic carbocycles. The molecule has 2 aromatic rings. The molecular weight excluding hydrogens is 274 g/mol. The van der Waals surface area contributed by atoms with E-state index in [0.29, 0.717) is 18.0 Å². The van der Waals surface area contributed by atoms with Crippen molar-refractivity contribution in [1.82, 2.24) is 5.32 Å². The van der Waals surface area contributed by atoms with Gasteiger partial charge in [-0.3, -0.25) is 0 Å². The second kappa shape index (κ2) is 6.54. The van der Waals surface area contributed by atoms with Gasteiger partial charge in [0.1, 0.15) is 10.6 Å². The Morgan fingerprint density at radius 2 is 2.10 bits per heavy atom. The van der Waals surface area contributed by atoms with Gasteiger partial charge in [-0.05, 0) is 24.6 Å². The van der Waals surface area contributed by atoms with Gasteiger partial charge in [0.15, 0.2) is 0 Å². The fourth-order valence-corrected chi connectivity index (χ4v) is 2.94. The summed E-state index contributed by atoms with van der Waals surface area (Å²) in [6.07, 6.45) is 0. The average molecular weight is 291 g/mol. The van der Waals surface area contributed by atoms with E-state index in [1.54, 1.807) is 13.2 Å². The highest BCUT2D eigenvalue weighted by molar-refractivity contribution is 7.14. The van der Waals surface area contributed by atoms with E-state index in [2.05, 4.69) is 5.32 Å². The smallest absolute Gasteiger partial charge is 0.345 e. The van der Waals surface area contributed by atoms with Crippen LogP contribution >= 0.6 is 11.3 Å². The van der Waals surface area contributed by atoms with Crippen LogP contribution in [0.5, 0.6) is 5.75 Å². The third-order valence-electron chi connectivity index (χ3n) is 3.02. The monoisotopic (exact) mass is 291 g/mol. The van der Waals surface area contributed by atoms with Gasteiger partial charge in [0.25, 0.3) is 0 Å². The second-order valence-electron chi connectivity index (χ2n) is 4.44. The summed E-state index contributed by atoms with van der Waals surface area (Å²) in [4.78, 5) is 12.4. The van der Waals surface area contributed by atoms with Crippen LogP contribution in [-0.2, 0) is 13.1 Å². The zero-order valence-electron chi connectivity index (χ0n) is 11.5. The molecule has 0 radical (unpaired) electrons. The Bertz CT molecular complexity index is 607. The normalized spacial score (nSPS) is 10.5. The third-order valence-corrected chi connectivity index (χ3v) is 4.25. The summed E-state index contributed by atoms with van der Waals surface area (Å²) >= 11 is 1.32. The van der Waals surface area contributed by atoms with Crippen LogP contribution in [0, 0.1) is 6.92 Å². The Labute approximate surface area is 122 Å². The Balaban J connectivity index is 1.97. The van der Waals surface area contributed by atoms with Crippen LogP contribution in [0.1, 0.15) is 25.7 Å². The predicted octanol–water partition coefficient (Wildman–Crippen LogP) is 3.05. The number of hydrogen-bond acceptors (Lipinski definition) is 4. The molecule has 0 unspecified atom stereocenters. The molecule has 106 valence electrons. The molecule has 1 heterocycles. The summed E-state index contributed by atoms with van der Waals surface area (Å²) in [7, 11) is 1.65. The van der Waals surface area contributed by atoms with Gasteiger partial charge < -0.3 is 15.2 Å². The van der Waals surface area contributed by atoms with Crippen molar-refractivity contribution >= 4 is 17.3 Å². The number of carboxylic acid groups (broad SMARTS) is 1. The van der Waals surface area contributed by atoms with E-state index < -0.39 is 5.97 Å². The topological polar surface area (TPSA) is 58.6 Å². The van der Waals surface area contributed by atoms with Crippen LogP contribution in [0.2, 0.25) is 0 Å². The van der Waals surface area contributed by atoms with E-state index >= 15 is 0 Å². The van der Waals surface area contributed by atoms with Crippen molar-refractivity contribution < 1.29 is 14.6 Å². The van der Waals surface area contributed by atoms with Crippen molar-refractivity contribution in [2.45, 2.75) is 20.0 Å². The maximum atomic E-state index is 10.9. The lowest BCUT2D eigenvalue weighted by atomic mass is 10.2. The fourth-order valence-electron chi connectivity index (χ4n) is 1.96. The van der Waals surface area contributed by atoms with Gasteiger partial charge in [-0.15, -0.1) is 11.3 Å². The van der Waals surface area contributed by atoms with Crippen LogP contribution in [-0.4, -0.2) is 18.2 Å². The first-order valence-corrected chi connectivity index (χ1v) is 7.08. The van der Waals surface area contributed by atoms with Crippen LogP contribution in [0.3, 0.4) is 0 Å². The number of benzene rings is 1. The molecule has 20 heavy (non-hydrogen) atoms. The Morgan fingerprint density at radius 3 is 2.75 bits per heavy atom. The highest BCUT2D eigenvalue weighted by atomic mass is 32.1.